The summed E-state index contributed by atoms with van der Waals surface area (Å²) in [5.74, 6) is -2.18. The van der Waals surface area contributed by atoms with Gasteiger partial charge in [-0.2, -0.15) is 4.98 Å². The van der Waals surface area contributed by atoms with Gasteiger partial charge >= 0.3 is 0 Å². The number of pyridine rings is 1. The highest BCUT2D eigenvalue weighted by Crippen LogP contribution is 2.27. The fourth-order valence-corrected chi connectivity index (χ4v) is 1.72. The van der Waals surface area contributed by atoms with Gasteiger partial charge in [0, 0.05) is 20.0 Å². The number of alkyl halides is 2. The van der Waals surface area contributed by atoms with Crippen LogP contribution in [0.3, 0.4) is 0 Å². The lowest BCUT2D eigenvalue weighted by Crippen LogP contribution is -2.21. The Kier molecular flexibility index (Phi) is 8.26. The summed E-state index contributed by atoms with van der Waals surface area (Å²) in [5, 5.41) is 0.180. The van der Waals surface area contributed by atoms with E-state index in [1.165, 1.54) is 7.05 Å². The molecule has 0 unspecified atom stereocenters. The molecule has 0 aliphatic rings. The highest BCUT2D eigenvalue weighted by molar-refractivity contribution is 6.30. The van der Waals surface area contributed by atoms with Crippen LogP contribution < -0.4 is 10.5 Å². The normalized spacial score (nSPS) is 10.5. The standard InChI is InChI=1S/C11H12ClF2N3O.C2H6.CH5N/c1-6-15-9-7(17(6)3)4-8(12)16-10(9)18-5-11(2,13)14;2*1-2/h4H,5H2,1-3H3;1-2H3;2H2,1H3. The molecule has 0 aliphatic carbocycles. The molecule has 0 atom stereocenters. The van der Waals surface area contributed by atoms with Gasteiger partial charge in [-0.05, 0) is 14.0 Å². The van der Waals surface area contributed by atoms with Gasteiger partial charge in [-0.1, -0.05) is 25.4 Å². The molecule has 2 aromatic heterocycles. The monoisotopic (exact) mass is 336 g/mol. The van der Waals surface area contributed by atoms with Gasteiger partial charge in [0.25, 0.3) is 5.92 Å². The molecule has 0 fully saturated rings. The van der Waals surface area contributed by atoms with Gasteiger partial charge in [-0.3, -0.25) is 0 Å². The number of aryl methyl sites for hydroxylation is 2. The van der Waals surface area contributed by atoms with Crippen molar-refractivity contribution in [2.75, 3.05) is 13.7 Å². The zero-order valence-corrected chi connectivity index (χ0v) is 14.5. The van der Waals surface area contributed by atoms with Gasteiger partial charge in [0.15, 0.2) is 12.1 Å². The Labute approximate surface area is 134 Å². The van der Waals surface area contributed by atoms with Crippen LogP contribution in [-0.4, -0.2) is 34.1 Å². The molecule has 2 rings (SSSR count). The predicted molar refractivity (Wildman–Crippen MR) is 85.8 cm³/mol. The minimum absolute atomic E-state index is 0.0303. The van der Waals surface area contributed by atoms with Gasteiger partial charge < -0.3 is 15.0 Å². The summed E-state index contributed by atoms with van der Waals surface area (Å²) in [5.41, 5.74) is 5.63. The molecule has 0 saturated heterocycles. The molecule has 0 saturated carbocycles. The van der Waals surface area contributed by atoms with Crippen LogP contribution in [0.4, 0.5) is 8.78 Å². The van der Waals surface area contributed by atoms with E-state index in [0.717, 1.165) is 12.7 Å². The van der Waals surface area contributed by atoms with E-state index in [4.69, 9.17) is 16.3 Å². The zero-order chi connectivity index (χ0) is 17.5. The number of aromatic nitrogens is 3. The molecule has 0 radical (unpaired) electrons. The highest BCUT2D eigenvalue weighted by Gasteiger charge is 2.24. The lowest BCUT2D eigenvalue weighted by molar-refractivity contribution is -0.0238. The van der Waals surface area contributed by atoms with Gasteiger partial charge in [0.1, 0.15) is 11.0 Å². The van der Waals surface area contributed by atoms with Crippen molar-refractivity contribution < 1.29 is 13.5 Å². The Balaban J connectivity index is 0.00000102. The smallest absolute Gasteiger partial charge is 0.278 e. The Hall–Kier alpha value is -1.47. The number of nitrogens with zero attached hydrogens (tertiary/aromatic N) is 3. The number of rotatable bonds is 3. The first-order valence-corrected chi connectivity index (χ1v) is 7.23. The van der Waals surface area contributed by atoms with Crippen LogP contribution in [0, 0.1) is 6.92 Å². The molecule has 22 heavy (non-hydrogen) atoms. The molecular formula is C14H23ClF2N4O. The maximum Gasteiger partial charge on any atom is 0.278 e. The lowest BCUT2D eigenvalue weighted by atomic mass is 10.4. The van der Waals surface area contributed by atoms with Gasteiger partial charge in [-0.25, -0.2) is 13.8 Å². The van der Waals surface area contributed by atoms with Crippen molar-refractivity contribution in [1.82, 2.24) is 14.5 Å². The summed E-state index contributed by atoms with van der Waals surface area (Å²) >= 11 is 5.84. The molecule has 2 N–H and O–H groups in total. The van der Waals surface area contributed by atoms with E-state index >= 15 is 0 Å². The van der Waals surface area contributed by atoms with Crippen molar-refractivity contribution in [3.8, 4) is 5.88 Å². The van der Waals surface area contributed by atoms with E-state index in [2.05, 4.69) is 15.7 Å². The summed E-state index contributed by atoms with van der Waals surface area (Å²) in [6, 6.07) is 1.62. The van der Waals surface area contributed by atoms with Crippen molar-refractivity contribution in [2.45, 2.75) is 33.6 Å². The molecular weight excluding hydrogens is 314 g/mol. The quantitative estimate of drug-likeness (QED) is 0.870. The number of halogens is 3. The highest BCUT2D eigenvalue weighted by atomic mass is 35.5. The second-order valence-electron chi connectivity index (χ2n) is 4.19. The topological polar surface area (TPSA) is 66.0 Å². The number of nitrogens with two attached hydrogens (primary N) is 1. The number of imidazole rings is 1. The molecule has 2 heterocycles. The number of hydrogen-bond donors (Lipinski definition) is 1. The minimum Gasteiger partial charge on any atom is -0.470 e. The molecule has 126 valence electrons. The molecule has 2 aromatic rings. The zero-order valence-electron chi connectivity index (χ0n) is 13.7. The van der Waals surface area contributed by atoms with Crippen molar-refractivity contribution in [2.24, 2.45) is 12.8 Å². The SMILES string of the molecule is CC.CN.Cc1nc2c(OCC(C)(F)F)nc(Cl)cc2n1C. The van der Waals surface area contributed by atoms with Crippen molar-refractivity contribution in [1.29, 1.82) is 0 Å². The maximum absolute atomic E-state index is 12.8. The second kappa shape index (κ2) is 8.85. The van der Waals surface area contributed by atoms with Crippen molar-refractivity contribution >= 4 is 22.6 Å². The molecule has 0 aromatic carbocycles. The third-order valence-electron chi connectivity index (χ3n) is 2.49. The van der Waals surface area contributed by atoms with Gasteiger partial charge in [0.2, 0.25) is 5.88 Å². The third kappa shape index (κ3) is 5.38. The molecule has 8 heteroatoms. The van der Waals surface area contributed by atoms with E-state index < -0.39 is 12.5 Å². The molecule has 0 bridgehead atoms. The first-order chi connectivity index (χ1) is 10.3. The van der Waals surface area contributed by atoms with Crippen LogP contribution >= 0.6 is 11.6 Å². The van der Waals surface area contributed by atoms with Crippen molar-refractivity contribution in [3.63, 3.8) is 0 Å². The average molecular weight is 337 g/mol. The first kappa shape index (κ1) is 20.5. The van der Waals surface area contributed by atoms with Crippen LogP contribution in [0.5, 0.6) is 5.88 Å². The van der Waals surface area contributed by atoms with Crippen LogP contribution in [0.2, 0.25) is 5.15 Å². The van der Waals surface area contributed by atoms with E-state index in [0.29, 0.717) is 11.0 Å². The lowest BCUT2D eigenvalue weighted by Gasteiger charge is -2.11. The summed E-state index contributed by atoms with van der Waals surface area (Å²) in [6.07, 6.45) is 0. The van der Waals surface area contributed by atoms with E-state index in [-0.39, 0.29) is 11.0 Å². The van der Waals surface area contributed by atoms with Gasteiger partial charge in [0.05, 0.1) is 5.52 Å². The van der Waals surface area contributed by atoms with Gasteiger partial charge in [-0.15, -0.1) is 0 Å². The fraction of sp³-hybridized carbons (Fsp3) is 0.571. The van der Waals surface area contributed by atoms with E-state index in [9.17, 15) is 8.78 Å². The molecule has 0 spiro atoms. The van der Waals surface area contributed by atoms with Crippen LogP contribution in [0.25, 0.3) is 11.0 Å². The summed E-state index contributed by atoms with van der Waals surface area (Å²) in [6.45, 7) is 5.82. The largest absolute Gasteiger partial charge is 0.470 e. The molecule has 0 amide bonds. The molecule has 5 nitrogen and oxygen atoms in total. The van der Waals surface area contributed by atoms with E-state index in [1.807, 2.05) is 13.8 Å². The third-order valence-corrected chi connectivity index (χ3v) is 2.69. The van der Waals surface area contributed by atoms with Crippen LogP contribution in [0.15, 0.2) is 6.07 Å². The summed E-state index contributed by atoms with van der Waals surface area (Å²) < 4.78 is 32.4. The van der Waals surface area contributed by atoms with Crippen LogP contribution in [0.1, 0.15) is 26.6 Å². The number of ether oxygens (including phenoxy) is 1. The second-order valence-corrected chi connectivity index (χ2v) is 4.58. The molecule has 0 aliphatic heterocycles. The minimum atomic E-state index is -2.93. The number of hydrogen-bond acceptors (Lipinski definition) is 4. The maximum atomic E-state index is 12.8. The summed E-state index contributed by atoms with van der Waals surface area (Å²) in [7, 11) is 3.30. The van der Waals surface area contributed by atoms with E-state index in [1.54, 1.807) is 24.6 Å². The van der Waals surface area contributed by atoms with Crippen LogP contribution in [-0.2, 0) is 7.05 Å². The Morgan fingerprint density at radius 3 is 2.36 bits per heavy atom. The fourth-order valence-electron chi connectivity index (χ4n) is 1.54. The predicted octanol–water partition coefficient (Wildman–Crippen LogP) is 3.57. The Morgan fingerprint density at radius 1 is 1.32 bits per heavy atom. The number of fused-ring (bicyclic) bond motifs is 1. The Morgan fingerprint density at radius 2 is 1.86 bits per heavy atom. The average Bonchev–Trinajstić information content (AvgIpc) is 2.76. The van der Waals surface area contributed by atoms with Crippen molar-refractivity contribution in [3.05, 3.63) is 17.0 Å². The first-order valence-electron chi connectivity index (χ1n) is 6.86. The Bertz CT molecular complexity index is 597. The summed E-state index contributed by atoms with van der Waals surface area (Å²) in [4.78, 5) is 8.12.